The van der Waals surface area contributed by atoms with Crippen molar-refractivity contribution in [3.05, 3.63) is 17.0 Å². The van der Waals surface area contributed by atoms with Crippen LogP contribution >= 0.6 is 11.6 Å². The minimum absolute atomic E-state index is 0.303. The van der Waals surface area contributed by atoms with E-state index in [1.807, 2.05) is 6.07 Å². The van der Waals surface area contributed by atoms with E-state index in [1.165, 1.54) is 25.7 Å². The van der Waals surface area contributed by atoms with Crippen molar-refractivity contribution in [1.82, 2.24) is 9.97 Å². The Morgan fingerprint density at radius 1 is 1.20 bits per heavy atom. The molecule has 20 heavy (non-hydrogen) atoms. The summed E-state index contributed by atoms with van der Waals surface area (Å²) >= 11 is 6.20. The summed E-state index contributed by atoms with van der Waals surface area (Å²) in [7, 11) is 0. The molecule has 0 atom stereocenters. The van der Waals surface area contributed by atoms with Gasteiger partial charge in [0, 0.05) is 24.6 Å². The quantitative estimate of drug-likeness (QED) is 0.740. The summed E-state index contributed by atoms with van der Waals surface area (Å²) in [5, 5.41) is 0.561. The number of anilines is 1. The van der Waals surface area contributed by atoms with E-state index in [9.17, 15) is 0 Å². The van der Waals surface area contributed by atoms with Gasteiger partial charge in [-0.25, -0.2) is 9.97 Å². The highest BCUT2D eigenvalue weighted by molar-refractivity contribution is 6.29. The second-order valence-electron chi connectivity index (χ2n) is 6.55. The summed E-state index contributed by atoms with van der Waals surface area (Å²) in [6.45, 7) is 9.77. The van der Waals surface area contributed by atoms with Crippen molar-refractivity contribution in [1.29, 1.82) is 0 Å². The van der Waals surface area contributed by atoms with Gasteiger partial charge in [-0.15, -0.1) is 0 Å². The van der Waals surface area contributed by atoms with Crippen LogP contribution in [0.2, 0.25) is 5.15 Å². The number of hydrogen-bond acceptors (Lipinski definition) is 3. The number of rotatable bonds is 5. The van der Waals surface area contributed by atoms with Crippen LogP contribution in [0.1, 0.15) is 65.1 Å². The fourth-order valence-electron chi connectivity index (χ4n) is 2.87. The van der Waals surface area contributed by atoms with E-state index >= 15 is 0 Å². The van der Waals surface area contributed by atoms with Crippen LogP contribution in [0, 0.1) is 5.92 Å². The fourth-order valence-corrected chi connectivity index (χ4v) is 3.05. The van der Waals surface area contributed by atoms with Crippen LogP contribution in [-0.2, 0) is 0 Å². The van der Waals surface area contributed by atoms with E-state index in [0.29, 0.717) is 23.0 Å². The minimum Gasteiger partial charge on any atom is -0.353 e. The summed E-state index contributed by atoms with van der Waals surface area (Å²) in [4.78, 5) is 11.6. The Kier molecular flexibility index (Phi) is 5.25. The smallest absolute Gasteiger partial charge is 0.135 e. The molecule has 0 amide bonds. The van der Waals surface area contributed by atoms with Gasteiger partial charge in [0.25, 0.3) is 0 Å². The number of nitrogens with zero attached hydrogens (tertiary/aromatic N) is 3. The first-order valence-corrected chi connectivity index (χ1v) is 8.16. The normalized spacial score (nSPS) is 16.4. The third kappa shape index (κ3) is 3.85. The van der Waals surface area contributed by atoms with Crippen LogP contribution in [0.25, 0.3) is 0 Å². The van der Waals surface area contributed by atoms with Crippen molar-refractivity contribution < 1.29 is 0 Å². The largest absolute Gasteiger partial charge is 0.353 e. The highest BCUT2D eigenvalue weighted by Gasteiger charge is 2.25. The lowest BCUT2D eigenvalue weighted by Gasteiger charge is -2.32. The van der Waals surface area contributed by atoms with Gasteiger partial charge in [-0.3, -0.25) is 0 Å². The molecule has 1 fully saturated rings. The van der Waals surface area contributed by atoms with Crippen LogP contribution in [0.5, 0.6) is 0 Å². The Labute approximate surface area is 127 Å². The van der Waals surface area contributed by atoms with Crippen molar-refractivity contribution in [2.45, 2.75) is 65.3 Å². The molecule has 0 aliphatic heterocycles. The molecule has 0 aromatic carbocycles. The first kappa shape index (κ1) is 15.6. The maximum atomic E-state index is 6.20. The Morgan fingerprint density at radius 3 is 2.40 bits per heavy atom. The molecule has 2 rings (SSSR count). The second-order valence-corrected chi connectivity index (χ2v) is 6.93. The molecule has 1 aliphatic carbocycles. The van der Waals surface area contributed by atoms with E-state index in [-0.39, 0.29) is 0 Å². The summed E-state index contributed by atoms with van der Waals surface area (Å²) in [5.41, 5.74) is 0. The number of hydrogen-bond donors (Lipinski definition) is 0. The van der Waals surface area contributed by atoms with Gasteiger partial charge in [0.2, 0.25) is 0 Å². The predicted octanol–water partition coefficient (Wildman–Crippen LogP) is 4.66. The lowest BCUT2D eigenvalue weighted by Crippen LogP contribution is -2.37. The third-order valence-corrected chi connectivity index (χ3v) is 4.03. The number of halogens is 1. The SMILES string of the molecule is CC(C)CN(c1cc(Cl)nc(C(C)C)n1)C1CCCC1. The monoisotopic (exact) mass is 295 g/mol. The number of aromatic nitrogens is 2. The van der Waals surface area contributed by atoms with Gasteiger partial charge < -0.3 is 4.90 Å². The Bertz CT molecular complexity index is 439. The van der Waals surface area contributed by atoms with Gasteiger partial charge in [-0.2, -0.15) is 0 Å². The molecule has 0 saturated heterocycles. The van der Waals surface area contributed by atoms with Gasteiger partial charge in [0.05, 0.1) is 0 Å². The lowest BCUT2D eigenvalue weighted by molar-refractivity contribution is 0.529. The molecule has 0 radical (unpaired) electrons. The van der Waals surface area contributed by atoms with Crippen LogP contribution in [0.15, 0.2) is 6.07 Å². The zero-order chi connectivity index (χ0) is 14.7. The average molecular weight is 296 g/mol. The molecule has 1 aromatic heterocycles. The zero-order valence-corrected chi connectivity index (χ0v) is 13.8. The maximum absolute atomic E-state index is 6.20. The topological polar surface area (TPSA) is 29.0 Å². The summed E-state index contributed by atoms with van der Waals surface area (Å²) in [5.74, 6) is 2.78. The average Bonchev–Trinajstić information content (AvgIpc) is 2.88. The van der Waals surface area contributed by atoms with Gasteiger partial charge in [0.1, 0.15) is 16.8 Å². The minimum atomic E-state index is 0.303. The molecule has 4 heteroatoms. The van der Waals surface area contributed by atoms with Crippen molar-refractivity contribution in [2.75, 3.05) is 11.4 Å². The van der Waals surface area contributed by atoms with Crippen molar-refractivity contribution in [3.8, 4) is 0 Å². The van der Waals surface area contributed by atoms with E-state index in [4.69, 9.17) is 16.6 Å². The molecule has 3 nitrogen and oxygen atoms in total. The summed E-state index contributed by atoms with van der Waals surface area (Å²) in [6.07, 6.45) is 5.20. The summed E-state index contributed by atoms with van der Waals surface area (Å²) < 4.78 is 0. The van der Waals surface area contributed by atoms with Crippen molar-refractivity contribution in [3.63, 3.8) is 0 Å². The van der Waals surface area contributed by atoms with Gasteiger partial charge in [-0.1, -0.05) is 52.1 Å². The molecule has 1 heterocycles. The molecule has 112 valence electrons. The Balaban J connectivity index is 2.31. The highest BCUT2D eigenvalue weighted by atomic mass is 35.5. The molecular formula is C16H26ClN3. The van der Waals surface area contributed by atoms with Gasteiger partial charge in [0.15, 0.2) is 0 Å². The standard InChI is InChI=1S/C16H26ClN3/c1-11(2)10-20(13-7-5-6-8-13)15-9-14(17)18-16(19-15)12(3)4/h9,11-13H,5-8,10H2,1-4H3. The van der Waals surface area contributed by atoms with Crippen LogP contribution in [-0.4, -0.2) is 22.6 Å². The molecule has 1 aliphatic rings. The molecule has 0 N–H and O–H groups in total. The van der Waals surface area contributed by atoms with Crippen LogP contribution < -0.4 is 4.90 Å². The van der Waals surface area contributed by atoms with Gasteiger partial charge in [-0.05, 0) is 18.8 Å². The van der Waals surface area contributed by atoms with E-state index in [2.05, 4.69) is 37.6 Å². The molecule has 1 saturated carbocycles. The highest BCUT2D eigenvalue weighted by Crippen LogP contribution is 2.29. The Morgan fingerprint density at radius 2 is 1.85 bits per heavy atom. The van der Waals surface area contributed by atoms with Gasteiger partial charge >= 0.3 is 0 Å². The van der Waals surface area contributed by atoms with Crippen LogP contribution in [0.3, 0.4) is 0 Å². The summed E-state index contributed by atoms with van der Waals surface area (Å²) in [6, 6.07) is 2.54. The second kappa shape index (κ2) is 6.75. The molecular weight excluding hydrogens is 270 g/mol. The van der Waals surface area contributed by atoms with Crippen molar-refractivity contribution >= 4 is 17.4 Å². The molecule has 1 aromatic rings. The molecule has 0 unspecified atom stereocenters. The van der Waals surface area contributed by atoms with Crippen LogP contribution in [0.4, 0.5) is 5.82 Å². The zero-order valence-electron chi connectivity index (χ0n) is 13.1. The molecule has 0 spiro atoms. The molecule has 0 bridgehead atoms. The maximum Gasteiger partial charge on any atom is 0.135 e. The van der Waals surface area contributed by atoms with E-state index < -0.39 is 0 Å². The lowest BCUT2D eigenvalue weighted by atomic mass is 10.1. The van der Waals surface area contributed by atoms with E-state index in [1.54, 1.807) is 0 Å². The predicted molar refractivity (Wildman–Crippen MR) is 85.6 cm³/mol. The first-order valence-electron chi connectivity index (χ1n) is 7.78. The van der Waals surface area contributed by atoms with Crippen molar-refractivity contribution in [2.24, 2.45) is 5.92 Å². The Hall–Kier alpha value is -0.830. The third-order valence-electron chi connectivity index (χ3n) is 3.84. The fraction of sp³-hybridized carbons (Fsp3) is 0.750. The van der Waals surface area contributed by atoms with E-state index in [0.717, 1.165) is 18.2 Å². The first-order chi connectivity index (χ1) is 9.47.